The van der Waals surface area contributed by atoms with Crippen molar-refractivity contribution in [2.45, 2.75) is 13.3 Å². The molecule has 0 radical (unpaired) electrons. The summed E-state index contributed by atoms with van der Waals surface area (Å²) in [5, 5.41) is 8.50. The third-order valence-electron chi connectivity index (χ3n) is 1.89. The van der Waals surface area contributed by atoms with Crippen LogP contribution in [0.4, 0.5) is 0 Å². The predicted octanol–water partition coefficient (Wildman–Crippen LogP) is 3.11. The predicted molar refractivity (Wildman–Crippen MR) is 60.2 cm³/mol. The molecule has 1 aromatic rings. The van der Waals surface area contributed by atoms with E-state index in [1.54, 1.807) is 6.08 Å². The maximum atomic E-state index is 10.3. The summed E-state index contributed by atoms with van der Waals surface area (Å²) in [6.45, 7) is 2.04. The first-order valence-electron chi connectivity index (χ1n) is 4.33. The molecule has 0 heterocycles. The minimum Gasteiger partial charge on any atom is -0.478 e. The van der Waals surface area contributed by atoms with Crippen LogP contribution >= 0.6 is 15.9 Å². The third kappa shape index (κ3) is 3.00. The fraction of sp³-hybridized carbons (Fsp3) is 0.182. The second-order valence-electron chi connectivity index (χ2n) is 2.87. The van der Waals surface area contributed by atoms with Gasteiger partial charge in [0.05, 0.1) is 0 Å². The second-order valence-corrected chi connectivity index (χ2v) is 3.78. The van der Waals surface area contributed by atoms with E-state index >= 15 is 0 Å². The molecule has 3 heteroatoms. The number of aliphatic carboxylic acids is 1. The molecule has 0 saturated heterocycles. The Morgan fingerprint density at radius 1 is 1.57 bits per heavy atom. The van der Waals surface area contributed by atoms with Crippen LogP contribution < -0.4 is 0 Å². The summed E-state index contributed by atoms with van der Waals surface area (Å²) in [5.74, 6) is -0.921. The second kappa shape index (κ2) is 4.96. The van der Waals surface area contributed by atoms with E-state index in [4.69, 9.17) is 5.11 Å². The zero-order valence-electron chi connectivity index (χ0n) is 7.83. The van der Waals surface area contributed by atoms with E-state index in [0.717, 1.165) is 28.1 Å². The summed E-state index contributed by atoms with van der Waals surface area (Å²) in [4.78, 5) is 10.3. The number of carboxylic acids is 1. The van der Waals surface area contributed by atoms with Crippen LogP contribution in [0.2, 0.25) is 0 Å². The quantitative estimate of drug-likeness (QED) is 0.842. The lowest BCUT2D eigenvalue weighted by Gasteiger charge is -2.03. The van der Waals surface area contributed by atoms with Gasteiger partial charge in [0.2, 0.25) is 0 Å². The summed E-state index contributed by atoms with van der Waals surface area (Å²) >= 11 is 3.38. The van der Waals surface area contributed by atoms with Gasteiger partial charge in [-0.15, -0.1) is 0 Å². The highest BCUT2D eigenvalue weighted by Gasteiger charge is 1.98. The Hall–Kier alpha value is -1.09. The van der Waals surface area contributed by atoms with Crippen LogP contribution in [0.5, 0.6) is 0 Å². The molecule has 0 aromatic heterocycles. The summed E-state index contributed by atoms with van der Waals surface area (Å²) in [6, 6.07) is 5.81. The fourth-order valence-electron chi connectivity index (χ4n) is 1.20. The summed E-state index contributed by atoms with van der Waals surface area (Å²) in [5.41, 5.74) is 2.09. The lowest BCUT2D eigenvalue weighted by molar-refractivity contribution is -0.131. The molecule has 0 amide bonds. The number of aryl methyl sites for hydroxylation is 1. The van der Waals surface area contributed by atoms with Gasteiger partial charge in [0.1, 0.15) is 0 Å². The smallest absolute Gasteiger partial charge is 0.328 e. The molecule has 14 heavy (non-hydrogen) atoms. The van der Waals surface area contributed by atoms with Gasteiger partial charge in [0.15, 0.2) is 0 Å². The Bertz CT molecular complexity index is 370. The summed E-state index contributed by atoms with van der Waals surface area (Å²) in [7, 11) is 0. The third-order valence-corrected chi connectivity index (χ3v) is 2.38. The molecule has 74 valence electrons. The highest BCUT2D eigenvalue weighted by Crippen LogP contribution is 2.18. The molecule has 0 unspecified atom stereocenters. The molecule has 2 nitrogen and oxygen atoms in total. The van der Waals surface area contributed by atoms with Crippen molar-refractivity contribution in [2.24, 2.45) is 0 Å². The molecule has 1 aromatic carbocycles. The minimum absolute atomic E-state index is 0.888. The molecule has 0 fully saturated rings. The zero-order valence-corrected chi connectivity index (χ0v) is 9.41. The van der Waals surface area contributed by atoms with Gasteiger partial charge in [0, 0.05) is 10.5 Å². The molecular formula is C11H11BrO2. The van der Waals surface area contributed by atoms with Crippen LogP contribution in [-0.2, 0) is 11.2 Å². The molecule has 0 aliphatic rings. The Kier molecular flexibility index (Phi) is 3.89. The number of hydrogen-bond acceptors (Lipinski definition) is 1. The van der Waals surface area contributed by atoms with Gasteiger partial charge >= 0.3 is 5.97 Å². The monoisotopic (exact) mass is 254 g/mol. The van der Waals surface area contributed by atoms with Crippen molar-refractivity contribution in [2.75, 3.05) is 0 Å². The van der Waals surface area contributed by atoms with Crippen LogP contribution in [0.25, 0.3) is 6.08 Å². The first-order valence-corrected chi connectivity index (χ1v) is 5.12. The van der Waals surface area contributed by atoms with E-state index in [1.807, 2.05) is 25.1 Å². The number of halogens is 1. The van der Waals surface area contributed by atoms with E-state index < -0.39 is 5.97 Å². The number of rotatable bonds is 3. The maximum absolute atomic E-state index is 10.3. The molecule has 0 atom stereocenters. The van der Waals surface area contributed by atoms with Crippen LogP contribution in [0, 0.1) is 0 Å². The minimum atomic E-state index is -0.921. The molecule has 0 bridgehead atoms. The number of carbonyl (C=O) groups is 1. The van der Waals surface area contributed by atoms with Crippen molar-refractivity contribution in [1.29, 1.82) is 0 Å². The van der Waals surface area contributed by atoms with Crippen LogP contribution in [0.1, 0.15) is 18.1 Å². The molecule has 1 rings (SSSR count). The lowest BCUT2D eigenvalue weighted by atomic mass is 10.1. The van der Waals surface area contributed by atoms with Crippen molar-refractivity contribution in [3.8, 4) is 0 Å². The van der Waals surface area contributed by atoms with Gasteiger partial charge in [0.25, 0.3) is 0 Å². The number of carboxylic acid groups (broad SMARTS) is 1. The normalized spacial score (nSPS) is 10.7. The highest BCUT2D eigenvalue weighted by molar-refractivity contribution is 9.10. The van der Waals surface area contributed by atoms with Crippen LogP contribution in [0.15, 0.2) is 28.7 Å². The van der Waals surface area contributed by atoms with Crippen LogP contribution in [0.3, 0.4) is 0 Å². The van der Waals surface area contributed by atoms with Crippen molar-refractivity contribution in [3.63, 3.8) is 0 Å². The highest BCUT2D eigenvalue weighted by atomic mass is 79.9. The first-order chi connectivity index (χ1) is 6.63. The van der Waals surface area contributed by atoms with Gasteiger partial charge < -0.3 is 5.11 Å². The van der Waals surface area contributed by atoms with Crippen molar-refractivity contribution < 1.29 is 9.90 Å². The van der Waals surface area contributed by atoms with Crippen molar-refractivity contribution in [1.82, 2.24) is 0 Å². The Morgan fingerprint density at radius 3 is 2.86 bits per heavy atom. The molecular weight excluding hydrogens is 244 g/mol. The van der Waals surface area contributed by atoms with E-state index in [1.165, 1.54) is 0 Å². The average Bonchev–Trinajstić information content (AvgIpc) is 2.15. The maximum Gasteiger partial charge on any atom is 0.328 e. The van der Waals surface area contributed by atoms with E-state index in [9.17, 15) is 4.79 Å². The van der Waals surface area contributed by atoms with Crippen molar-refractivity contribution in [3.05, 3.63) is 39.9 Å². The Labute approximate surface area is 91.4 Å². The number of hydrogen-bond donors (Lipinski definition) is 1. The average molecular weight is 255 g/mol. The largest absolute Gasteiger partial charge is 0.478 e. The topological polar surface area (TPSA) is 37.3 Å². The first kappa shape index (κ1) is 11.0. The van der Waals surface area contributed by atoms with Gasteiger partial charge in [-0.2, -0.15) is 0 Å². The Balaban J connectivity index is 3.02. The standard InChI is InChI=1S/C11H11BrO2/c1-2-8-7-10(12)5-3-9(8)4-6-11(13)14/h3-7H,2H2,1H3,(H,13,14). The van der Waals surface area contributed by atoms with E-state index in [-0.39, 0.29) is 0 Å². The van der Waals surface area contributed by atoms with Gasteiger partial charge in [-0.3, -0.25) is 0 Å². The molecule has 0 saturated carbocycles. The molecule has 0 spiro atoms. The lowest BCUT2D eigenvalue weighted by Crippen LogP contribution is -1.89. The molecule has 0 aliphatic heterocycles. The number of benzene rings is 1. The SMILES string of the molecule is CCc1cc(Br)ccc1C=CC(=O)O. The Morgan fingerprint density at radius 2 is 2.29 bits per heavy atom. The van der Waals surface area contributed by atoms with E-state index in [2.05, 4.69) is 15.9 Å². The molecule has 0 aliphatic carbocycles. The summed E-state index contributed by atoms with van der Waals surface area (Å²) < 4.78 is 1.02. The van der Waals surface area contributed by atoms with Gasteiger partial charge in [-0.25, -0.2) is 4.79 Å². The van der Waals surface area contributed by atoms with Crippen molar-refractivity contribution >= 4 is 28.0 Å². The van der Waals surface area contributed by atoms with Gasteiger partial charge in [-0.05, 0) is 35.8 Å². The van der Waals surface area contributed by atoms with Gasteiger partial charge in [-0.1, -0.05) is 28.9 Å². The van der Waals surface area contributed by atoms with E-state index in [0.29, 0.717) is 0 Å². The zero-order chi connectivity index (χ0) is 10.6. The molecule has 1 N–H and O–H groups in total. The van der Waals surface area contributed by atoms with Crippen LogP contribution in [-0.4, -0.2) is 11.1 Å². The summed E-state index contributed by atoms with van der Waals surface area (Å²) in [6.07, 6.45) is 3.66. The fourth-order valence-corrected chi connectivity index (χ4v) is 1.61.